The third-order valence-corrected chi connectivity index (χ3v) is 5.81. The number of thiazole rings is 1. The maximum Gasteiger partial charge on any atom is 0.229 e. The Hall–Kier alpha value is -2.99. The molecule has 1 atom stereocenters. The lowest BCUT2D eigenvalue weighted by molar-refractivity contribution is -0.122. The molecule has 1 saturated heterocycles. The highest BCUT2D eigenvalue weighted by molar-refractivity contribution is 7.13. The molecule has 1 aromatic heterocycles. The number of aromatic nitrogens is 1. The van der Waals surface area contributed by atoms with Crippen molar-refractivity contribution in [3.63, 3.8) is 0 Å². The number of hydrogen-bond acceptors (Lipinski definition) is 4. The van der Waals surface area contributed by atoms with E-state index in [2.05, 4.69) is 17.2 Å². The molecule has 142 valence electrons. The van der Waals surface area contributed by atoms with Crippen LogP contribution in [0.15, 0.2) is 60.1 Å². The first-order valence-corrected chi connectivity index (χ1v) is 10.2. The molecule has 2 aromatic carbocycles. The van der Waals surface area contributed by atoms with Gasteiger partial charge in [-0.1, -0.05) is 19.1 Å². The smallest absolute Gasteiger partial charge is 0.229 e. The van der Waals surface area contributed by atoms with Crippen molar-refractivity contribution >= 4 is 34.5 Å². The molecule has 3 aromatic rings. The van der Waals surface area contributed by atoms with Crippen LogP contribution in [0.1, 0.15) is 18.9 Å². The summed E-state index contributed by atoms with van der Waals surface area (Å²) in [5, 5.41) is 5.81. The van der Waals surface area contributed by atoms with Gasteiger partial charge in [-0.25, -0.2) is 4.98 Å². The summed E-state index contributed by atoms with van der Waals surface area (Å²) in [4.78, 5) is 31.1. The van der Waals surface area contributed by atoms with Crippen LogP contribution in [0.2, 0.25) is 0 Å². The van der Waals surface area contributed by atoms with Crippen molar-refractivity contribution in [1.29, 1.82) is 0 Å². The first-order valence-electron chi connectivity index (χ1n) is 9.34. The van der Waals surface area contributed by atoms with Crippen molar-refractivity contribution in [1.82, 2.24) is 4.98 Å². The Morgan fingerprint density at radius 3 is 2.57 bits per heavy atom. The van der Waals surface area contributed by atoms with Crippen LogP contribution in [0.5, 0.6) is 0 Å². The van der Waals surface area contributed by atoms with E-state index in [-0.39, 0.29) is 24.2 Å². The van der Waals surface area contributed by atoms with Gasteiger partial charge in [-0.15, -0.1) is 11.3 Å². The molecule has 0 spiro atoms. The number of aryl methyl sites for hydroxylation is 1. The minimum atomic E-state index is -0.350. The maximum absolute atomic E-state index is 12.7. The van der Waals surface area contributed by atoms with Gasteiger partial charge < -0.3 is 10.2 Å². The highest BCUT2D eigenvalue weighted by Crippen LogP contribution is 2.27. The molecule has 0 radical (unpaired) electrons. The van der Waals surface area contributed by atoms with Crippen LogP contribution in [-0.4, -0.2) is 23.3 Å². The molecule has 1 fully saturated rings. The van der Waals surface area contributed by atoms with Gasteiger partial charge in [0, 0.05) is 41.5 Å². The third kappa shape index (κ3) is 3.82. The van der Waals surface area contributed by atoms with Gasteiger partial charge in [0.1, 0.15) is 5.01 Å². The molecular weight excluding hydrogens is 370 g/mol. The van der Waals surface area contributed by atoms with Gasteiger partial charge in [-0.2, -0.15) is 0 Å². The van der Waals surface area contributed by atoms with Gasteiger partial charge in [0.25, 0.3) is 0 Å². The van der Waals surface area contributed by atoms with Crippen LogP contribution >= 0.6 is 11.3 Å². The molecule has 1 N–H and O–H groups in total. The molecule has 1 aliphatic heterocycles. The Morgan fingerprint density at radius 1 is 1.18 bits per heavy atom. The van der Waals surface area contributed by atoms with Crippen molar-refractivity contribution in [3.05, 3.63) is 65.7 Å². The van der Waals surface area contributed by atoms with Crippen molar-refractivity contribution in [2.24, 2.45) is 5.92 Å². The van der Waals surface area contributed by atoms with Crippen molar-refractivity contribution < 1.29 is 9.59 Å². The average molecular weight is 391 g/mol. The number of amides is 2. The van der Waals surface area contributed by atoms with E-state index < -0.39 is 0 Å². The number of anilines is 2. The Balaban J connectivity index is 1.40. The summed E-state index contributed by atoms with van der Waals surface area (Å²) in [6, 6.07) is 15.6. The van der Waals surface area contributed by atoms with Crippen LogP contribution < -0.4 is 10.2 Å². The number of nitrogens with zero attached hydrogens (tertiary/aromatic N) is 2. The summed E-state index contributed by atoms with van der Waals surface area (Å²) >= 11 is 1.58. The van der Waals surface area contributed by atoms with E-state index in [0.29, 0.717) is 6.54 Å². The van der Waals surface area contributed by atoms with Crippen molar-refractivity contribution in [2.75, 3.05) is 16.8 Å². The van der Waals surface area contributed by atoms with E-state index in [0.717, 1.165) is 28.4 Å². The fraction of sp³-hybridized carbons (Fsp3) is 0.227. The van der Waals surface area contributed by atoms with Crippen LogP contribution in [0.4, 0.5) is 11.4 Å². The number of nitrogens with one attached hydrogen (secondary N) is 1. The van der Waals surface area contributed by atoms with Crippen LogP contribution in [0, 0.1) is 5.92 Å². The van der Waals surface area contributed by atoms with Gasteiger partial charge in [0.05, 0.1) is 5.92 Å². The fourth-order valence-electron chi connectivity index (χ4n) is 3.35. The predicted octanol–water partition coefficient (Wildman–Crippen LogP) is 4.36. The van der Waals surface area contributed by atoms with E-state index in [9.17, 15) is 9.59 Å². The second kappa shape index (κ2) is 7.94. The lowest BCUT2D eigenvalue weighted by Crippen LogP contribution is -2.28. The predicted molar refractivity (Wildman–Crippen MR) is 112 cm³/mol. The summed E-state index contributed by atoms with van der Waals surface area (Å²) in [6.45, 7) is 2.51. The summed E-state index contributed by atoms with van der Waals surface area (Å²) in [6.07, 6.45) is 2.97. The Morgan fingerprint density at radius 2 is 1.93 bits per heavy atom. The third-order valence-electron chi connectivity index (χ3n) is 4.98. The summed E-state index contributed by atoms with van der Waals surface area (Å²) in [5.41, 5.74) is 3.82. The number of benzene rings is 2. The summed E-state index contributed by atoms with van der Waals surface area (Å²) < 4.78 is 0. The normalized spacial score (nSPS) is 16.4. The van der Waals surface area contributed by atoms with Crippen LogP contribution in [-0.2, 0) is 16.0 Å². The zero-order valence-corrected chi connectivity index (χ0v) is 16.4. The Kier molecular flexibility index (Phi) is 5.21. The van der Waals surface area contributed by atoms with Crippen LogP contribution in [0.3, 0.4) is 0 Å². The topological polar surface area (TPSA) is 62.3 Å². The Bertz CT molecular complexity index is 966. The molecule has 0 aliphatic carbocycles. The fourth-order valence-corrected chi connectivity index (χ4v) is 4.00. The molecule has 28 heavy (non-hydrogen) atoms. The maximum atomic E-state index is 12.7. The highest BCUT2D eigenvalue weighted by Gasteiger charge is 2.35. The second-order valence-electron chi connectivity index (χ2n) is 6.83. The average Bonchev–Trinajstić information content (AvgIpc) is 3.39. The minimum absolute atomic E-state index is 0.0106. The molecule has 1 aliphatic rings. The highest BCUT2D eigenvalue weighted by atomic mass is 32.1. The zero-order chi connectivity index (χ0) is 19.5. The zero-order valence-electron chi connectivity index (χ0n) is 15.6. The summed E-state index contributed by atoms with van der Waals surface area (Å²) in [5.74, 6) is -0.483. The Labute approximate surface area is 168 Å². The van der Waals surface area contributed by atoms with Gasteiger partial charge in [0.15, 0.2) is 0 Å². The molecular formula is C22H21N3O2S. The van der Waals surface area contributed by atoms with E-state index in [1.807, 2.05) is 53.9 Å². The molecule has 4 rings (SSSR count). The quantitative estimate of drug-likeness (QED) is 0.703. The molecule has 0 bridgehead atoms. The standard InChI is InChI=1S/C22H21N3O2S/c1-2-15-3-9-19(10-4-15)25-14-17(13-20(25)26)21(27)24-18-7-5-16(6-8-18)22-23-11-12-28-22/h3-12,17H,2,13-14H2,1H3,(H,24,27). The van der Waals surface area contributed by atoms with E-state index in [1.165, 1.54) is 5.56 Å². The van der Waals surface area contributed by atoms with E-state index in [4.69, 9.17) is 0 Å². The van der Waals surface area contributed by atoms with Crippen molar-refractivity contribution in [2.45, 2.75) is 19.8 Å². The number of rotatable bonds is 5. The van der Waals surface area contributed by atoms with E-state index in [1.54, 1.807) is 22.4 Å². The summed E-state index contributed by atoms with van der Waals surface area (Å²) in [7, 11) is 0. The van der Waals surface area contributed by atoms with E-state index >= 15 is 0 Å². The van der Waals surface area contributed by atoms with Gasteiger partial charge >= 0.3 is 0 Å². The molecule has 0 saturated carbocycles. The number of carbonyl (C=O) groups is 2. The largest absolute Gasteiger partial charge is 0.326 e. The number of carbonyl (C=O) groups excluding carboxylic acids is 2. The van der Waals surface area contributed by atoms with Gasteiger partial charge in [-0.05, 0) is 48.4 Å². The second-order valence-corrected chi connectivity index (χ2v) is 7.72. The first-order chi connectivity index (χ1) is 13.6. The molecule has 1 unspecified atom stereocenters. The monoisotopic (exact) mass is 391 g/mol. The van der Waals surface area contributed by atoms with Gasteiger partial charge in [-0.3, -0.25) is 9.59 Å². The molecule has 6 heteroatoms. The minimum Gasteiger partial charge on any atom is -0.326 e. The molecule has 5 nitrogen and oxygen atoms in total. The SMILES string of the molecule is CCc1ccc(N2CC(C(=O)Nc3ccc(-c4nccs4)cc3)CC2=O)cc1. The van der Waals surface area contributed by atoms with Crippen molar-refractivity contribution in [3.8, 4) is 10.6 Å². The van der Waals surface area contributed by atoms with Crippen LogP contribution in [0.25, 0.3) is 10.6 Å². The lowest BCUT2D eigenvalue weighted by atomic mass is 10.1. The van der Waals surface area contributed by atoms with Gasteiger partial charge in [0.2, 0.25) is 11.8 Å². The lowest BCUT2D eigenvalue weighted by Gasteiger charge is -2.17. The molecule has 2 heterocycles. The molecule has 2 amide bonds. The number of hydrogen-bond donors (Lipinski definition) is 1. The first kappa shape index (κ1) is 18.4.